The fraction of sp³-hybridized carbons (Fsp3) is 0.333. The third kappa shape index (κ3) is 6.39. The van der Waals surface area contributed by atoms with Gasteiger partial charge in [-0.05, 0) is 64.3 Å². The Bertz CT molecular complexity index is 1540. The molecule has 2 heterocycles. The Balaban J connectivity index is 1.48. The molecule has 0 aliphatic carbocycles. The van der Waals surface area contributed by atoms with Crippen molar-refractivity contribution in [2.45, 2.75) is 59.3 Å². The number of thioether (sulfide) groups is 1. The summed E-state index contributed by atoms with van der Waals surface area (Å²) in [5.41, 5.74) is 6.39. The van der Waals surface area contributed by atoms with Crippen LogP contribution < -0.4 is 10.1 Å². The maximum absolute atomic E-state index is 13.0. The Morgan fingerprint density at radius 3 is 2.45 bits per heavy atom. The van der Waals surface area contributed by atoms with Gasteiger partial charge in [0.15, 0.2) is 17.1 Å². The van der Waals surface area contributed by atoms with Crippen molar-refractivity contribution in [3.63, 3.8) is 0 Å². The van der Waals surface area contributed by atoms with Crippen molar-refractivity contribution in [2.75, 3.05) is 18.2 Å². The minimum atomic E-state index is -0.492. The Morgan fingerprint density at radius 1 is 1.02 bits per heavy atom. The number of rotatable bonds is 10. The first-order valence-electron chi connectivity index (χ1n) is 13.0. The van der Waals surface area contributed by atoms with Gasteiger partial charge in [-0.25, -0.2) is 4.79 Å². The van der Waals surface area contributed by atoms with Gasteiger partial charge in [0.2, 0.25) is 5.91 Å². The Labute approximate surface area is 243 Å². The number of amides is 1. The van der Waals surface area contributed by atoms with E-state index in [1.165, 1.54) is 35.8 Å². The van der Waals surface area contributed by atoms with Gasteiger partial charge < -0.3 is 19.4 Å². The molecule has 2 aromatic heterocycles. The predicted molar refractivity (Wildman–Crippen MR) is 161 cm³/mol. The average molecular weight is 579 g/mol. The molecule has 0 bridgehead atoms. The summed E-state index contributed by atoms with van der Waals surface area (Å²) < 4.78 is 13.2. The van der Waals surface area contributed by atoms with Gasteiger partial charge in [0.05, 0.1) is 12.9 Å². The highest BCUT2D eigenvalue weighted by molar-refractivity contribution is 7.99. The molecule has 0 radical (unpaired) electrons. The first-order chi connectivity index (χ1) is 19.1. The number of carbonyl (C=O) groups excluding carboxylic acids is 2. The zero-order chi connectivity index (χ0) is 29.0. The summed E-state index contributed by atoms with van der Waals surface area (Å²) in [7, 11) is 1.34. The minimum Gasteiger partial charge on any atom is -0.482 e. The van der Waals surface area contributed by atoms with Crippen LogP contribution in [0.2, 0.25) is 0 Å². The van der Waals surface area contributed by atoms with E-state index in [0.717, 1.165) is 33.6 Å². The molecular weight excluding hydrogens is 544 g/mol. The summed E-state index contributed by atoms with van der Waals surface area (Å²) in [6.45, 7) is 12.6. The SMILES string of the molecule is CCn1c(SCC(=O)Nc2scc(-c3cc(C)ccc3C)c2C(=O)OC)nnc1C(C)Oc1ccc(C)cc1C. The first kappa shape index (κ1) is 29.4. The van der Waals surface area contributed by atoms with Gasteiger partial charge in [-0.15, -0.1) is 21.5 Å². The van der Waals surface area contributed by atoms with Crippen LogP contribution >= 0.6 is 23.1 Å². The summed E-state index contributed by atoms with van der Waals surface area (Å²) in [6, 6.07) is 12.1. The Kier molecular flexibility index (Phi) is 9.32. The standard InChI is InChI=1S/C30H34N4O4S2/c1-8-34-27(21(6)38-24-12-10-17(2)13-20(24)5)32-33-30(34)40-16-25(35)31-28-26(29(36)37-7)23(15-39-28)22-14-18(3)9-11-19(22)4/h9-15,21H,8,16H2,1-7H3,(H,31,35). The maximum atomic E-state index is 13.0. The molecule has 210 valence electrons. The number of hydrogen-bond acceptors (Lipinski definition) is 8. The van der Waals surface area contributed by atoms with Crippen LogP contribution in [0.3, 0.4) is 0 Å². The van der Waals surface area contributed by atoms with E-state index in [0.29, 0.717) is 28.1 Å². The lowest BCUT2D eigenvalue weighted by Crippen LogP contribution is -2.17. The van der Waals surface area contributed by atoms with Crippen LogP contribution in [0, 0.1) is 27.7 Å². The number of aromatic nitrogens is 3. The molecule has 0 aliphatic rings. The van der Waals surface area contributed by atoms with E-state index in [9.17, 15) is 9.59 Å². The van der Waals surface area contributed by atoms with Gasteiger partial charge in [0.25, 0.3) is 0 Å². The maximum Gasteiger partial charge on any atom is 0.341 e. The molecule has 10 heteroatoms. The molecular formula is C30H34N4O4S2. The van der Waals surface area contributed by atoms with E-state index in [1.54, 1.807) is 0 Å². The van der Waals surface area contributed by atoms with Crippen molar-refractivity contribution < 1.29 is 19.1 Å². The summed E-state index contributed by atoms with van der Waals surface area (Å²) in [6.07, 6.45) is -0.325. The Morgan fingerprint density at radius 2 is 1.75 bits per heavy atom. The number of methoxy groups -OCH3 is 1. The molecule has 0 saturated heterocycles. The van der Waals surface area contributed by atoms with Gasteiger partial charge in [-0.2, -0.15) is 0 Å². The number of nitrogens with zero attached hydrogens (tertiary/aromatic N) is 3. The van der Waals surface area contributed by atoms with Crippen LogP contribution in [0.25, 0.3) is 11.1 Å². The number of anilines is 1. The highest BCUT2D eigenvalue weighted by atomic mass is 32.2. The lowest BCUT2D eigenvalue weighted by atomic mass is 9.97. The summed E-state index contributed by atoms with van der Waals surface area (Å²) >= 11 is 2.59. The van der Waals surface area contributed by atoms with Crippen molar-refractivity contribution in [3.8, 4) is 16.9 Å². The first-order valence-corrected chi connectivity index (χ1v) is 14.9. The zero-order valence-electron chi connectivity index (χ0n) is 23.8. The highest BCUT2D eigenvalue weighted by Crippen LogP contribution is 2.38. The molecule has 1 amide bonds. The predicted octanol–water partition coefficient (Wildman–Crippen LogP) is 6.92. The molecule has 8 nitrogen and oxygen atoms in total. The lowest BCUT2D eigenvalue weighted by Gasteiger charge is -2.17. The zero-order valence-corrected chi connectivity index (χ0v) is 25.5. The van der Waals surface area contributed by atoms with Crippen LogP contribution in [0.5, 0.6) is 5.75 Å². The molecule has 1 unspecified atom stereocenters. The molecule has 4 aromatic rings. The van der Waals surface area contributed by atoms with Crippen molar-refractivity contribution in [1.29, 1.82) is 0 Å². The van der Waals surface area contributed by atoms with Crippen molar-refractivity contribution in [2.24, 2.45) is 0 Å². The average Bonchev–Trinajstić information content (AvgIpc) is 3.53. The van der Waals surface area contributed by atoms with E-state index in [4.69, 9.17) is 9.47 Å². The fourth-order valence-corrected chi connectivity index (χ4v) is 6.22. The molecule has 0 spiro atoms. The summed E-state index contributed by atoms with van der Waals surface area (Å²) in [5, 5.41) is 14.6. The molecule has 0 saturated carbocycles. The third-order valence-electron chi connectivity index (χ3n) is 6.51. The number of carbonyl (C=O) groups is 2. The van der Waals surface area contributed by atoms with Crippen molar-refractivity contribution in [3.05, 3.63) is 75.4 Å². The van der Waals surface area contributed by atoms with Crippen LogP contribution in [0.1, 0.15) is 58.4 Å². The molecule has 40 heavy (non-hydrogen) atoms. The second-order valence-electron chi connectivity index (χ2n) is 9.61. The number of thiophene rings is 1. The summed E-state index contributed by atoms with van der Waals surface area (Å²) in [5.74, 6) is 0.844. The van der Waals surface area contributed by atoms with E-state index in [-0.39, 0.29) is 17.8 Å². The fourth-order valence-electron chi connectivity index (χ4n) is 4.45. The van der Waals surface area contributed by atoms with Gasteiger partial charge in [-0.3, -0.25) is 4.79 Å². The van der Waals surface area contributed by atoms with Crippen molar-refractivity contribution >= 4 is 40.0 Å². The minimum absolute atomic E-state index is 0.0990. The molecule has 4 rings (SSSR count). The van der Waals surface area contributed by atoms with Crippen LogP contribution in [-0.4, -0.2) is 39.5 Å². The van der Waals surface area contributed by atoms with E-state index in [1.807, 2.05) is 81.8 Å². The molecule has 1 atom stereocenters. The second-order valence-corrected chi connectivity index (χ2v) is 11.4. The topological polar surface area (TPSA) is 95.3 Å². The van der Waals surface area contributed by atoms with Gasteiger partial charge >= 0.3 is 5.97 Å². The molecule has 1 N–H and O–H groups in total. The number of esters is 1. The second kappa shape index (κ2) is 12.7. The lowest BCUT2D eigenvalue weighted by molar-refractivity contribution is -0.113. The molecule has 2 aromatic carbocycles. The van der Waals surface area contributed by atoms with E-state index >= 15 is 0 Å². The van der Waals surface area contributed by atoms with Crippen LogP contribution in [0.4, 0.5) is 5.00 Å². The van der Waals surface area contributed by atoms with Crippen molar-refractivity contribution in [1.82, 2.24) is 14.8 Å². The number of nitrogens with one attached hydrogen (secondary N) is 1. The largest absolute Gasteiger partial charge is 0.482 e. The third-order valence-corrected chi connectivity index (χ3v) is 8.37. The number of hydrogen-bond donors (Lipinski definition) is 1. The smallest absolute Gasteiger partial charge is 0.341 e. The van der Waals surface area contributed by atoms with E-state index < -0.39 is 5.97 Å². The highest BCUT2D eigenvalue weighted by Gasteiger charge is 2.24. The van der Waals surface area contributed by atoms with Crippen LogP contribution in [-0.2, 0) is 16.1 Å². The number of benzene rings is 2. The quantitative estimate of drug-likeness (QED) is 0.161. The number of ether oxygens (including phenoxy) is 2. The Hall–Kier alpha value is -3.63. The van der Waals surface area contributed by atoms with Crippen LogP contribution in [0.15, 0.2) is 46.9 Å². The van der Waals surface area contributed by atoms with Gasteiger partial charge in [-0.1, -0.05) is 53.2 Å². The monoisotopic (exact) mass is 578 g/mol. The van der Waals surface area contributed by atoms with Gasteiger partial charge in [0.1, 0.15) is 16.3 Å². The van der Waals surface area contributed by atoms with Gasteiger partial charge in [0, 0.05) is 17.5 Å². The molecule has 0 fully saturated rings. The summed E-state index contributed by atoms with van der Waals surface area (Å²) in [4.78, 5) is 25.8. The number of aryl methyl sites for hydroxylation is 4. The normalized spacial score (nSPS) is 11.8. The molecule has 0 aliphatic heterocycles. The van der Waals surface area contributed by atoms with E-state index in [2.05, 4.69) is 21.6 Å².